The molecule has 4 aliphatic carbocycles. The third-order valence-electron chi connectivity index (χ3n) is 13.3. The number of anilines is 1. The topological polar surface area (TPSA) is 167 Å². The van der Waals surface area contributed by atoms with Crippen LogP contribution in [-0.4, -0.2) is 43.2 Å². The van der Waals surface area contributed by atoms with E-state index in [9.17, 15) is 35.8 Å². The molecule has 4 aliphatic rings. The van der Waals surface area contributed by atoms with Crippen molar-refractivity contribution in [3.05, 3.63) is 35.9 Å². The molecule has 0 spiro atoms. The predicted molar refractivity (Wildman–Crippen MR) is 192 cm³/mol. The second-order valence-corrected chi connectivity index (χ2v) is 19.5. The Morgan fingerprint density at radius 1 is 0.920 bits per heavy atom. The summed E-state index contributed by atoms with van der Waals surface area (Å²) in [5.74, 6) is 3.71. The third-order valence-corrected chi connectivity index (χ3v) is 15.0. The first-order valence-corrected chi connectivity index (χ1v) is 21.1. The van der Waals surface area contributed by atoms with E-state index in [0.29, 0.717) is 30.1 Å². The van der Waals surface area contributed by atoms with E-state index in [1.165, 1.54) is 50.5 Å². The summed E-state index contributed by atoms with van der Waals surface area (Å²) >= 11 is 0. The number of phenolic OH excluding ortho intramolecular Hbond substituents is 1. The Bertz CT molecular complexity index is 1900. The number of ether oxygens (including phenoxy) is 1. The summed E-state index contributed by atoms with van der Waals surface area (Å²) < 4.78 is 72.6. The molecule has 3 unspecified atom stereocenters. The normalized spacial score (nSPS) is 31.8. The summed E-state index contributed by atoms with van der Waals surface area (Å²) in [7, 11) is -9.54. The zero-order valence-corrected chi connectivity index (χ0v) is 31.4. The maximum atomic E-state index is 13.3. The van der Waals surface area contributed by atoms with Crippen molar-refractivity contribution in [2.24, 2.45) is 46.3 Å². The number of phenols is 1. The van der Waals surface area contributed by atoms with Crippen LogP contribution in [0.5, 0.6) is 5.75 Å². The number of allylic oxidation sites excluding steroid dienone is 1. The van der Waals surface area contributed by atoms with E-state index < -0.39 is 48.0 Å². The number of rotatable bonds is 9. The zero-order valence-electron chi connectivity index (χ0n) is 29.8. The minimum atomic E-state index is -4.79. The Morgan fingerprint density at radius 3 is 2.26 bits per heavy atom. The Morgan fingerprint density at radius 2 is 1.60 bits per heavy atom. The van der Waals surface area contributed by atoms with Crippen LogP contribution in [0.15, 0.2) is 45.7 Å². The number of benzene rings is 2. The van der Waals surface area contributed by atoms with Crippen molar-refractivity contribution < 1.29 is 40.6 Å². The third kappa shape index (κ3) is 6.94. The lowest BCUT2D eigenvalue weighted by Crippen LogP contribution is -2.51. The van der Waals surface area contributed by atoms with Gasteiger partial charge >= 0.3 is 6.09 Å². The SMILES string of the molecule is CC(C)CCC[C@@H](C)[C@H]1CCC2C3CC=C4C[C@@H](OC(=O)Nc5cc(S(=O)(=O)O)cc6cc(S(=O)(=O)O)cc(O)c56)CC[C@]4(C)C3CC[C@@]21C. The molecule has 3 saturated carbocycles. The van der Waals surface area contributed by atoms with Crippen molar-refractivity contribution in [1.82, 2.24) is 0 Å². The van der Waals surface area contributed by atoms with Gasteiger partial charge in [0.15, 0.2) is 0 Å². The molecule has 0 aliphatic heterocycles. The van der Waals surface area contributed by atoms with Gasteiger partial charge < -0.3 is 9.84 Å². The van der Waals surface area contributed by atoms with Crippen molar-refractivity contribution in [2.75, 3.05) is 5.32 Å². The Hall–Kier alpha value is -2.67. The van der Waals surface area contributed by atoms with Gasteiger partial charge in [0, 0.05) is 17.9 Å². The maximum absolute atomic E-state index is 13.3. The molecule has 0 aromatic heterocycles. The van der Waals surface area contributed by atoms with E-state index in [1.807, 2.05) is 0 Å². The molecule has 2 aromatic carbocycles. The van der Waals surface area contributed by atoms with E-state index in [0.717, 1.165) is 60.8 Å². The minimum Gasteiger partial charge on any atom is -0.507 e. The van der Waals surface area contributed by atoms with Crippen molar-refractivity contribution in [3.63, 3.8) is 0 Å². The summed E-state index contributed by atoms with van der Waals surface area (Å²) in [6.45, 7) is 12.1. The van der Waals surface area contributed by atoms with Gasteiger partial charge in [-0.05, 0) is 115 Å². The van der Waals surface area contributed by atoms with Crippen molar-refractivity contribution in [1.29, 1.82) is 0 Å². The number of carbonyl (C=O) groups excluding carboxylic acids is 1. The summed E-state index contributed by atoms with van der Waals surface area (Å²) in [5.41, 5.74) is 1.60. The lowest BCUT2D eigenvalue weighted by molar-refractivity contribution is -0.0577. The Labute approximate surface area is 296 Å². The molecule has 1 amide bonds. The first-order chi connectivity index (χ1) is 23.3. The molecular weight excluding hydrogens is 679 g/mol. The molecule has 0 radical (unpaired) electrons. The smallest absolute Gasteiger partial charge is 0.411 e. The second-order valence-electron chi connectivity index (χ2n) is 16.6. The first kappa shape index (κ1) is 37.1. The average Bonchev–Trinajstić information content (AvgIpc) is 3.37. The van der Waals surface area contributed by atoms with Crippen LogP contribution < -0.4 is 5.32 Å². The molecule has 50 heavy (non-hydrogen) atoms. The molecular formula is C38H53NO9S2. The Balaban J connectivity index is 1.16. The van der Waals surface area contributed by atoms with Crippen LogP contribution in [-0.2, 0) is 25.0 Å². The van der Waals surface area contributed by atoms with Gasteiger partial charge in [-0.2, -0.15) is 16.8 Å². The summed E-state index contributed by atoms with van der Waals surface area (Å²) in [4.78, 5) is 11.9. The van der Waals surface area contributed by atoms with Crippen LogP contribution >= 0.6 is 0 Å². The largest absolute Gasteiger partial charge is 0.507 e. The lowest BCUT2D eigenvalue weighted by Gasteiger charge is -2.58. The Kier molecular flexibility index (Phi) is 9.93. The molecule has 12 heteroatoms. The number of hydrogen-bond donors (Lipinski definition) is 4. The number of carbonyl (C=O) groups is 1. The molecule has 2 aromatic rings. The van der Waals surface area contributed by atoms with Gasteiger partial charge in [0.1, 0.15) is 11.9 Å². The van der Waals surface area contributed by atoms with E-state index >= 15 is 0 Å². The molecule has 10 nitrogen and oxygen atoms in total. The number of hydrogen-bond acceptors (Lipinski definition) is 7. The quantitative estimate of drug-likeness (QED) is 0.145. The van der Waals surface area contributed by atoms with Gasteiger partial charge in [0.25, 0.3) is 20.2 Å². The summed E-state index contributed by atoms with van der Waals surface area (Å²) in [5, 5.41) is 12.9. The van der Waals surface area contributed by atoms with Gasteiger partial charge in [-0.3, -0.25) is 14.4 Å². The van der Waals surface area contributed by atoms with Gasteiger partial charge in [0.2, 0.25) is 0 Å². The predicted octanol–water partition coefficient (Wildman–Crippen LogP) is 9.00. The number of nitrogens with one attached hydrogen (secondary N) is 1. The van der Waals surface area contributed by atoms with E-state index in [-0.39, 0.29) is 21.9 Å². The van der Waals surface area contributed by atoms with Crippen LogP contribution in [0.4, 0.5) is 10.5 Å². The van der Waals surface area contributed by atoms with E-state index in [2.05, 4.69) is 46.0 Å². The molecule has 4 N–H and O–H groups in total. The molecule has 0 saturated heterocycles. The zero-order chi connectivity index (χ0) is 36.4. The average molecular weight is 732 g/mol. The molecule has 276 valence electrons. The van der Waals surface area contributed by atoms with E-state index in [1.54, 1.807) is 0 Å². The highest BCUT2D eigenvalue weighted by atomic mass is 32.2. The number of aromatic hydroxyl groups is 1. The highest BCUT2D eigenvalue weighted by Gasteiger charge is 2.59. The van der Waals surface area contributed by atoms with Gasteiger partial charge in [-0.15, -0.1) is 0 Å². The van der Waals surface area contributed by atoms with Crippen LogP contribution in [0.3, 0.4) is 0 Å². The monoisotopic (exact) mass is 731 g/mol. The van der Waals surface area contributed by atoms with Gasteiger partial charge in [-0.25, -0.2) is 4.79 Å². The van der Waals surface area contributed by atoms with Crippen LogP contribution in [0.2, 0.25) is 0 Å². The van der Waals surface area contributed by atoms with Gasteiger partial charge in [0.05, 0.1) is 15.5 Å². The highest BCUT2D eigenvalue weighted by Crippen LogP contribution is 2.67. The fraction of sp³-hybridized carbons (Fsp3) is 0.658. The van der Waals surface area contributed by atoms with Crippen molar-refractivity contribution in [2.45, 2.75) is 121 Å². The molecule has 6 rings (SSSR count). The van der Waals surface area contributed by atoms with Crippen LogP contribution in [0.1, 0.15) is 105 Å². The van der Waals surface area contributed by atoms with Gasteiger partial charge in [-0.1, -0.05) is 65.5 Å². The maximum Gasteiger partial charge on any atom is 0.411 e. The van der Waals surface area contributed by atoms with Crippen molar-refractivity contribution >= 4 is 42.8 Å². The van der Waals surface area contributed by atoms with Crippen LogP contribution in [0.25, 0.3) is 10.8 Å². The second kappa shape index (κ2) is 13.4. The fourth-order valence-corrected chi connectivity index (χ4v) is 12.0. The molecule has 0 heterocycles. The fourth-order valence-electron chi connectivity index (χ4n) is 10.9. The lowest BCUT2D eigenvalue weighted by atomic mass is 9.47. The summed E-state index contributed by atoms with van der Waals surface area (Å²) in [6.07, 6.45) is 13.5. The van der Waals surface area contributed by atoms with Crippen molar-refractivity contribution in [3.8, 4) is 5.75 Å². The minimum absolute atomic E-state index is 0.0537. The standard InChI is InChI=1S/C38H53NO9S2/c1-22(2)7-6-8-23(3)30-11-12-31-29-10-9-25-19-26(13-15-37(25,4)32(29)14-16-38(30,31)5)48-36(41)39-33-20-27(49(42,43)44)17-24-18-28(50(45,46)47)21-34(40)35(24)33/h9,17-18,20-23,26,29-32,40H,6-8,10-16,19H2,1-5H3,(H,39,41)(H,42,43,44)(H,45,46,47)/t23-,26+,29?,30-,31?,32?,37+,38-/m1/s1. The van der Waals surface area contributed by atoms with E-state index in [4.69, 9.17) is 4.74 Å². The first-order valence-electron chi connectivity index (χ1n) is 18.2. The highest BCUT2D eigenvalue weighted by molar-refractivity contribution is 7.86. The number of fused-ring (bicyclic) bond motifs is 6. The molecule has 0 bridgehead atoms. The van der Waals surface area contributed by atoms with Crippen LogP contribution in [0, 0.1) is 46.3 Å². The molecule has 8 atom stereocenters. The molecule has 3 fully saturated rings. The number of amides is 1. The summed E-state index contributed by atoms with van der Waals surface area (Å²) in [6, 6.07) is 3.63.